The number of anilines is 1. The zero-order valence-corrected chi connectivity index (χ0v) is 15.8. The largest absolute Gasteiger partial charge is 0.360 e. The van der Waals surface area contributed by atoms with E-state index < -0.39 is 0 Å². The second-order valence-electron chi connectivity index (χ2n) is 6.09. The van der Waals surface area contributed by atoms with Crippen molar-refractivity contribution in [2.45, 2.75) is 20.8 Å². The lowest BCUT2D eigenvalue weighted by atomic mass is 10.2. The number of amides is 1. The van der Waals surface area contributed by atoms with Crippen molar-refractivity contribution in [1.82, 2.24) is 9.72 Å². The minimum atomic E-state index is -0.294. The molecule has 27 heavy (non-hydrogen) atoms. The van der Waals surface area contributed by atoms with Gasteiger partial charge in [0.1, 0.15) is 11.8 Å². The highest BCUT2D eigenvalue weighted by Gasteiger charge is 2.12. The van der Waals surface area contributed by atoms with Crippen molar-refractivity contribution in [3.63, 3.8) is 0 Å². The molecule has 0 fully saturated rings. The number of benzene rings is 1. The number of nitrogens with zero attached hydrogens (tertiary/aromatic N) is 3. The zero-order valence-electron chi connectivity index (χ0n) is 15.1. The number of rotatable bonds is 4. The number of aromatic nitrogens is 2. The van der Waals surface area contributed by atoms with Gasteiger partial charge in [-0.05, 0) is 56.7 Å². The van der Waals surface area contributed by atoms with Gasteiger partial charge in [-0.1, -0.05) is 16.8 Å². The third-order valence-corrected chi connectivity index (χ3v) is 4.40. The average molecular weight is 381 g/mol. The van der Waals surface area contributed by atoms with Crippen molar-refractivity contribution in [1.29, 1.82) is 5.26 Å². The van der Waals surface area contributed by atoms with E-state index in [4.69, 9.17) is 21.4 Å². The van der Waals surface area contributed by atoms with Crippen LogP contribution >= 0.6 is 11.6 Å². The standard InChI is InChI=1S/C20H17ClN4O2/c1-12-8-15(14(3)25(12)19-9-13(2)27-24-19)5-7-20(26)23-17-6-4-16(11-22)18(21)10-17/h4-10H,1-3H3,(H,23,26)/b7-5+. The molecule has 0 atom stereocenters. The molecule has 1 aromatic carbocycles. The van der Waals surface area contributed by atoms with Gasteiger partial charge >= 0.3 is 0 Å². The maximum absolute atomic E-state index is 12.2. The SMILES string of the molecule is Cc1cc(-n2c(C)cc(/C=C/C(=O)Nc3ccc(C#N)c(Cl)c3)c2C)no1. The van der Waals surface area contributed by atoms with Crippen LogP contribution in [0.25, 0.3) is 11.9 Å². The maximum atomic E-state index is 12.2. The molecule has 0 bridgehead atoms. The highest BCUT2D eigenvalue weighted by molar-refractivity contribution is 6.32. The van der Waals surface area contributed by atoms with Crippen LogP contribution in [0.2, 0.25) is 5.02 Å². The van der Waals surface area contributed by atoms with Gasteiger partial charge in [0.05, 0.1) is 10.6 Å². The van der Waals surface area contributed by atoms with Crippen LogP contribution < -0.4 is 5.32 Å². The zero-order chi connectivity index (χ0) is 19.6. The van der Waals surface area contributed by atoms with E-state index in [1.807, 2.05) is 43.5 Å². The molecule has 0 saturated heterocycles. The number of carbonyl (C=O) groups is 1. The lowest BCUT2D eigenvalue weighted by Gasteiger charge is -2.04. The van der Waals surface area contributed by atoms with Crippen molar-refractivity contribution >= 4 is 29.3 Å². The molecule has 1 N–H and O–H groups in total. The summed E-state index contributed by atoms with van der Waals surface area (Å²) in [5.74, 6) is 1.15. The number of nitrogens with one attached hydrogen (secondary N) is 1. The van der Waals surface area contributed by atoms with Gasteiger partial charge in [0.15, 0.2) is 5.82 Å². The number of halogens is 1. The number of hydrogen-bond acceptors (Lipinski definition) is 4. The average Bonchev–Trinajstić information content (AvgIpc) is 3.16. The molecule has 6 nitrogen and oxygen atoms in total. The number of carbonyl (C=O) groups excluding carboxylic acids is 1. The lowest BCUT2D eigenvalue weighted by Crippen LogP contribution is -2.07. The van der Waals surface area contributed by atoms with Gasteiger partial charge in [0, 0.05) is 29.2 Å². The van der Waals surface area contributed by atoms with Crippen molar-refractivity contribution in [2.75, 3.05) is 5.32 Å². The van der Waals surface area contributed by atoms with Gasteiger partial charge in [-0.15, -0.1) is 0 Å². The molecule has 0 aliphatic rings. The van der Waals surface area contributed by atoms with Crippen molar-refractivity contribution < 1.29 is 9.32 Å². The topological polar surface area (TPSA) is 83.9 Å². The Kier molecular flexibility index (Phi) is 5.15. The van der Waals surface area contributed by atoms with E-state index in [0.717, 1.165) is 22.7 Å². The molecular weight excluding hydrogens is 364 g/mol. The number of aryl methyl sites for hydroxylation is 2. The van der Waals surface area contributed by atoms with Crippen LogP contribution in [0.4, 0.5) is 5.69 Å². The summed E-state index contributed by atoms with van der Waals surface area (Å²) >= 11 is 5.98. The Labute approximate surface area is 161 Å². The van der Waals surface area contributed by atoms with E-state index >= 15 is 0 Å². The van der Waals surface area contributed by atoms with E-state index in [0.29, 0.717) is 22.1 Å². The quantitative estimate of drug-likeness (QED) is 0.672. The van der Waals surface area contributed by atoms with E-state index in [-0.39, 0.29) is 5.91 Å². The van der Waals surface area contributed by atoms with E-state index in [2.05, 4.69) is 10.5 Å². The first-order valence-electron chi connectivity index (χ1n) is 8.20. The molecule has 0 saturated carbocycles. The summed E-state index contributed by atoms with van der Waals surface area (Å²) in [7, 11) is 0. The molecule has 2 aromatic heterocycles. The minimum absolute atomic E-state index is 0.294. The number of nitriles is 1. The Bertz CT molecular complexity index is 1090. The smallest absolute Gasteiger partial charge is 0.248 e. The van der Waals surface area contributed by atoms with Gasteiger partial charge in [-0.2, -0.15) is 5.26 Å². The van der Waals surface area contributed by atoms with E-state index in [1.54, 1.807) is 24.3 Å². The molecule has 0 aliphatic carbocycles. The van der Waals surface area contributed by atoms with Crippen LogP contribution in [-0.2, 0) is 4.79 Å². The summed E-state index contributed by atoms with van der Waals surface area (Å²) in [5, 5.41) is 16.0. The lowest BCUT2D eigenvalue weighted by molar-refractivity contribution is -0.111. The summed E-state index contributed by atoms with van der Waals surface area (Å²) in [6.07, 6.45) is 3.19. The van der Waals surface area contributed by atoms with Gasteiger partial charge in [0.2, 0.25) is 5.91 Å². The Morgan fingerprint density at radius 3 is 2.70 bits per heavy atom. The first-order chi connectivity index (χ1) is 12.9. The molecule has 2 heterocycles. The summed E-state index contributed by atoms with van der Waals surface area (Å²) in [4.78, 5) is 12.2. The Hall–Kier alpha value is -3.30. The molecule has 0 unspecified atom stereocenters. The maximum Gasteiger partial charge on any atom is 0.248 e. The fourth-order valence-corrected chi connectivity index (χ4v) is 3.02. The van der Waals surface area contributed by atoms with E-state index in [1.165, 1.54) is 6.08 Å². The summed E-state index contributed by atoms with van der Waals surface area (Å²) in [6, 6.07) is 10.6. The highest BCUT2D eigenvalue weighted by Crippen LogP contribution is 2.22. The Morgan fingerprint density at radius 1 is 1.30 bits per heavy atom. The Balaban J connectivity index is 1.77. The van der Waals surface area contributed by atoms with Crippen molar-refractivity contribution in [3.05, 3.63) is 69.7 Å². The predicted molar refractivity (Wildman–Crippen MR) is 104 cm³/mol. The van der Waals surface area contributed by atoms with Gasteiger partial charge in [-0.3, -0.25) is 9.36 Å². The second kappa shape index (κ2) is 7.52. The fourth-order valence-electron chi connectivity index (χ4n) is 2.80. The third-order valence-electron chi connectivity index (χ3n) is 4.09. The van der Waals surface area contributed by atoms with Gasteiger partial charge in [-0.25, -0.2) is 0 Å². The molecule has 3 aromatic rings. The third kappa shape index (κ3) is 3.94. The summed E-state index contributed by atoms with van der Waals surface area (Å²) < 4.78 is 7.11. The number of hydrogen-bond donors (Lipinski definition) is 1. The summed E-state index contributed by atoms with van der Waals surface area (Å²) in [5.41, 5.74) is 3.73. The first kappa shape index (κ1) is 18.5. The molecule has 1 amide bonds. The van der Waals surface area contributed by atoms with Crippen molar-refractivity contribution in [2.24, 2.45) is 0 Å². The van der Waals surface area contributed by atoms with Crippen LogP contribution in [-0.4, -0.2) is 15.6 Å². The molecule has 3 rings (SSSR count). The normalized spacial score (nSPS) is 10.9. The van der Waals surface area contributed by atoms with Crippen molar-refractivity contribution in [3.8, 4) is 11.9 Å². The molecule has 0 radical (unpaired) electrons. The van der Waals surface area contributed by atoms with Crippen LogP contribution in [0.3, 0.4) is 0 Å². The predicted octanol–water partition coefficient (Wildman–Crippen LogP) is 4.57. The van der Waals surface area contributed by atoms with Crippen LogP contribution in [0, 0.1) is 32.1 Å². The molecule has 0 spiro atoms. The highest BCUT2D eigenvalue weighted by atomic mass is 35.5. The van der Waals surface area contributed by atoms with Crippen LogP contribution in [0.5, 0.6) is 0 Å². The Morgan fingerprint density at radius 2 is 2.07 bits per heavy atom. The molecule has 136 valence electrons. The van der Waals surface area contributed by atoms with Gasteiger partial charge < -0.3 is 9.84 Å². The van der Waals surface area contributed by atoms with E-state index in [9.17, 15) is 4.79 Å². The molecule has 0 aliphatic heterocycles. The first-order valence-corrected chi connectivity index (χ1v) is 8.58. The monoisotopic (exact) mass is 380 g/mol. The summed E-state index contributed by atoms with van der Waals surface area (Å²) in [6.45, 7) is 5.76. The van der Waals surface area contributed by atoms with Crippen LogP contribution in [0.1, 0.15) is 28.3 Å². The molecule has 7 heteroatoms. The second-order valence-corrected chi connectivity index (χ2v) is 6.49. The minimum Gasteiger partial charge on any atom is -0.360 e. The fraction of sp³-hybridized carbons (Fsp3) is 0.150. The molecular formula is C20H17ClN4O2. The van der Waals surface area contributed by atoms with Crippen LogP contribution in [0.15, 0.2) is 40.9 Å². The van der Waals surface area contributed by atoms with Gasteiger partial charge in [0.25, 0.3) is 0 Å².